The summed E-state index contributed by atoms with van der Waals surface area (Å²) in [6.07, 6.45) is 0.588. The SMILES string of the molecule is COc1cc(OC)c(C2CC(c3ccc(Br)cc3)=NN2c2ccc(S(N)(=O)=O)cc2)cc1OC. The average Bonchev–Trinajstić information content (AvgIpc) is 3.28. The van der Waals surface area contributed by atoms with Gasteiger partial charge in [-0.3, -0.25) is 5.01 Å². The Kier molecular flexibility index (Phi) is 6.83. The molecule has 1 aliphatic heterocycles. The van der Waals surface area contributed by atoms with Gasteiger partial charge in [0, 0.05) is 22.5 Å². The molecule has 0 aliphatic carbocycles. The molecule has 0 bridgehead atoms. The van der Waals surface area contributed by atoms with Gasteiger partial charge in [-0.1, -0.05) is 28.1 Å². The summed E-state index contributed by atoms with van der Waals surface area (Å²) in [5.41, 5.74) is 3.43. The average molecular weight is 546 g/mol. The summed E-state index contributed by atoms with van der Waals surface area (Å²) >= 11 is 3.47. The van der Waals surface area contributed by atoms with Gasteiger partial charge in [-0.25, -0.2) is 13.6 Å². The van der Waals surface area contributed by atoms with Crippen molar-refractivity contribution in [2.24, 2.45) is 10.2 Å². The molecule has 3 aromatic carbocycles. The molecule has 0 saturated carbocycles. The third-order valence-corrected chi connectivity index (χ3v) is 7.07. The lowest BCUT2D eigenvalue weighted by molar-refractivity contribution is 0.346. The van der Waals surface area contributed by atoms with Crippen LogP contribution >= 0.6 is 15.9 Å². The highest BCUT2D eigenvalue weighted by molar-refractivity contribution is 9.10. The van der Waals surface area contributed by atoms with E-state index in [1.807, 2.05) is 35.3 Å². The quantitative estimate of drug-likeness (QED) is 0.469. The van der Waals surface area contributed by atoms with Crippen LogP contribution in [0.2, 0.25) is 0 Å². The highest BCUT2D eigenvalue weighted by atomic mass is 79.9. The monoisotopic (exact) mass is 545 g/mol. The Morgan fingerprint density at radius 2 is 1.50 bits per heavy atom. The minimum Gasteiger partial charge on any atom is -0.496 e. The second-order valence-corrected chi connectivity index (χ2v) is 10.1. The normalized spacial score (nSPS) is 15.7. The topological polar surface area (TPSA) is 103 Å². The first-order valence-corrected chi connectivity index (χ1v) is 12.6. The molecule has 0 spiro atoms. The number of anilines is 1. The first kappa shape index (κ1) is 24.1. The molecule has 0 aromatic heterocycles. The third-order valence-electron chi connectivity index (χ3n) is 5.61. The minimum atomic E-state index is -3.80. The molecule has 2 N–H and O–H groups in total. The van der Waals surface area contributed by atoms with Crippen molar-refractivity contribution < 1.29 is 22.6 Å². The molecule has 3 aromatic rings. The number of methoxy groups -OCH3 is 3. The largest absolute Gasteiger partial charge is 0.496 e. The second-order valence-electron chi connectivity index (χ2n) is 7.61. The Hall–Kier alpha value is -3.08. The summed E-state index contributed by atoms with van der Waals surface area (Å²) in [4.78, 5) is 0.0350. The van der Waals surface area contributed by atoms with Gasteiger partial charge in [0.2, 0.25) is 10.0 Å². The van der Waals surface area contributed by atoms with Gasteiger partial charge in [0.15, 0.2) is 11.5 Å². The molecule has 0 amide bonds. The second kappa shape index (κ2) is 9.65. The minimum absolute atomic E-state index is 0.0350. The van der Waals surface area contributed by atoms with Gasteiger partial charge in [0.1, 0.15) is 5.75 Å². The van der Waals surface area contributed by atoms with E-state index in [-0.39, 0.29) is 10.9 Å². The highest BCUT2D eigenvalue weighted by Crippen LogP contribution is 2.44. The molecular formula is C24H24BrN3O5S. The maximum absolute atomic E-state index is 11.7. The number of benzene rings is 3. The third kappa shape index (κ3) is 4.75. The van der Waals surface area contributed by atoms with Crippen molar-refractivity contribution in [3.8, 4) is 17.2 Å². The molecule has 0 radical (unpaired) electrons. The van der Waals surface area contributed by atoms with Crippen molar-refractivity contribution in [3.63, 3.8) is 0 Å². The summed E-state index contributed by atoms with van der Waals surface area (Å²) in [7, 11) is 0.945. The van der Waals surface area contributed by atoms with E-state index in [0.717, 1.165) is 21.3 Å². The zero-order valence-electron chi connectivity index (χ0n) is 18.9. The van der Waals surface area contributed by atoms with E-state index in [4.69, 9.17) is 24.5 Å². The van der Waals surface area contributed by atoms with E-state index in [9.17, 15) is 8.42 Å². The number of hydrazone groups is 1. The molecule has 8 nitrogen and oxygen atoms in total. The number of rotatable bonds is 7. The Morgan fingerprint density at radius 3 is 2.06 bits per heavy atom. The number of nitrogens with two attached hydrogens (primary N) is 1. The molecule has 1 unspecified atom stereocenters. The van der Waals surface area contributed by atoms with E-state index in [1.165, 1.54) is 12.1 Å². The van der Waals surface area contributed by atoms with Crippen molar-refractivity contribution in [2.75, 3.05) is 26.3 Å². The van der Waals surface area contributed by atoms with Gasteiger partial charge in [-0.05, 0) is 48.0 Å². The molecule has 34 heavy (non-hydrogen) atoms. The Bertz CT molecular complexity index is 1330. The fraction of sp³-hybridized carbons (Fsp3) is 0.208. The first-order valence-electron chi connectivity index (χ1n) is 10.3. The Morgan fingerprint density at radius 1 is 0.912 bits per heavy atom. The fourth-order valence-electron chi connectivity index (χ4n) is 3.91. The maximum atomic E-state index is 11.7. The van der Waals surface area contributed by atoms with Crippen LogP contribution in [0, 0.1) is 0 Å². The van der Waals surface area contributed by atoms with Gasteiger partial charge in [0.25, 0.3) is 0 Å². The smallest absolute Gasteiger partial charge is 0.238 e. The van der Waals surface area contributed by atoms with Crippen LogP contribution in [0.25, 0.3) is 0 Å². The van der Waals surface area contributed by atoms with Gasteiger partial charge >= 0.3 is 0 Å². The number of primary sulfonamides is 1. The van der Waals surface area contributed by atoms with Crippen molar-refractivity contribution in [3.05, 3.63) is 76.3 Å². The molecule has 178 valence electrons. The molecule has 1 aliphatic rings. The van der Waals surface area contributed by atoms with Crippen LogP contribution in [0.4, 0.5) is 5.69 Å². The van der Waals surface area contributed by atoms with Crippen molar-refractivity contribution in [2.45, 2.75) is 17.4 Å². The van der Waals surface area contributed by atoms with Gasteiger partial charge in [-0.15, -0.1) is 0 Å². The number of nitrogens with zero attached hydrogens (tertiary/aromatic N) is 2. The van der Waals surface area contributed by atoms with Crippen molar-refractivity contribution in [1.29, 1.82) is 0 Å². The molecule has 4 rings (SSSR count). The van der Waals surface area contributed by atoms with E-state index in [0.29, 0.717) is 29.4 Å². The lowest BCUT2D eigenvalue weighted by Crippen LogP contribution is -2.20. The summed E-state index contributed by atoms with van der Waals surface area (Å²) in [5, 5.41) is 12.0. The molecule has 10 heteroatoms. The van der Waals surface area contributed by atoms with Crippen LogP contribution in [0.5, 0.6) is 17.2 Å². The van der Waals surface area contributed by atoms with Crippen LogP contribution in [-0.4, -0.2) is 35.5 Å². The molecule has 1 heterocycles. The van der Waals surface area contributed by atoms with Crippen LogP contribution in [0.15, 0.2) is 75.1 Å². The summed E-state index contributed by atoms with van der Waals surface area (Å²) in [6, 6.07) is 17.7. The van der Waals surface area contributed by atoms with Crippen LogP contribution in [-0.2, 0) is 10.0 Å². The standard InChI is InChI=1S/C24H24BrN3O5S/c1-31-22-14-24(33-3)23(32-2)12-19(22)21-13-20(15-4-6-16(25)7-5-15)27-28(21)17-8-10-18(11-9-17)34(26,29)30/h4-12,14,21H,13H2,1-3H3,(H2,26,29,30). The maximum Gasteiger partial charge on any atom is 0.238 e. The predicted octanol–water partition coefficient (Wildman–Crippen LogP) is 4.48. The molecular weight excluding hydrogens is 522 g/mol. The zero-order valence-corrected chi connectivity index (χ0v) is 21.3. The zero-order chi connectivity index (χ0) is 24.5. The van der Waals surface area contributed by atoms with E-state index < -0.39 is 10.0 Å². The van der Waals surface area contributed by atoms with E-state index in [2.05, 4.69) is 15.9 Å². The van der Waals surface area contributed by atoms with E-state index >= 15 is 0 Å². The van der Waals surface area contributed by atoms with E-state index in [1.54, 1.807) is 39.5 Å². The lowest BCUT2D eigenvalue weighted by atomic mass is 9.97. The lowest BCUT2D eigenvalue weighted by Gasteiger charge is -2.26. The summed E-state index contributed by atoms with van der Waals surface area (Å²) < 4.78 is 41.1. The molecule has 0 saturated heterocycles. The summed E-state index contributed by atoms with van der Waals surface area (Å²) in [5.74, 6) is 1.75. The van der Waals surface area contributed by atoms with Crippen molar-refractivity contribution >= 4 is 37.4 Å². The van der Waals surface area contributed by atoms with Gasteiger partial charge in [-0.2, -0.15) is 5.10 Å². The highest BCUT2D eigenvalue weighted by Gasteiger charge is 2.33. The van der Waals surface area contributed by atoms with Crippen LogP contribution < -0.4 is 24.4 Å². The predicted molar refractivity (Wildman–Crippen MR) is 134 cm³/mol. The first-order chi connectivity index (χ1) is 16.2. The summed E-state index contributed by atoms with van der Waals surface area (Å²) in [6.45, 7) is 0. The molecule has 0 fully saturated rings. The van der Waals surface area contributed by atoms with Crippen LogP contribution in [0.1, 0.15) is 23.6 Å². The van der Waals surface area contributed by atoms with Crippen molar-refractivity contribution in [1.82, 2.24) is 0 Å². The van der Waals surface area contributed by atoms with Gasteiger partial charge in [0.05, 0.1) is 43.7 Å². The van der Waals surface area contributed by atoms with Crippen LogP contribution in [0.3, 0.4) is 0 Å². The number of halogens is 1. The number of sulfonamides is 1. The number of hydrogen-bond donors (Lipinski definition) is 1. The number of ether oxygens (including phenoxy) is 3. The fourth-order valence-corrected chi connectivity index (χ4v) is 4.69. The Balaban J connectivity index is 1.83. The van der Waals surface area contributed by atoms with Gasteiger partial charge < -0.3 is 14.2 Å². The Labute approximate surface area is 207 Å². The molecule has 1 atom stereocenters. The number of hydrogen-bond acceptors (Lipinski definition) is 7.